The van der Waals surface area contributed by atoms with Gasteiger partial charge in [-0.2, -0.15) is 0 Å². The Morgan fingerprint density at radius 3 is 2.45 bits per heavy atom. The first-order valence-corrected chi connectivity index (χ1v) is 7.60. The third kappa shape index (κ3) is 3.62. The quantitative estimate of drug-likeness (QED) is 0.733. The number of hydrogen-bond acceptors (Lipinski definition) is 2. The van der Waals surface area contributed by atoms with E-state index in [9.17, 15) is 4.79 Å². The van der Waals surface area contributed by atoms with Crippen molar-refractivity contribution in [3.05, 3.63) is 29.3 Å². The highest BCUT2D eigenvalue weighted by Gasteiger charge is 2.31. The highest BCUT2D eigenvalue weighted by atomic mass is 16.5. The van der Waals surface area contributed by atoms with Gasteiger partial charge in [0, 0.05) is 17.0 Å². The number of ether oxygens (including phenoxy) is 1. The second-order valence-electron chi connectivity index (χ2n) is 7.30. The van der Waals surface area contributed by atoms with Crippen LogP contribution < -0.4 is 4.74 Å². The SMILES string of the molecule is CC(C)COc1ccc(C(=O)C2CC2)cc1C(C)(C)C. The van der Waals surface area contributed by atoms with Crippen LogP contribution in [-0.2, 0) is 5.41 Å². The van der Waals surface area contributed by atoms with Crippen molar-refractivity contribution in [2.75, 3.05) is 6.61 Å². The van der Waals surface area contributed by atoms with Crippen molar-refractivity contribution in [2.24, 2.45) is 11.8 Å². The lowest BCUT2D eigenvalue weighted by atomic mass is 9.84. The minimum absolute atomic E-state index is 0.0217. The van der Waals surface area contributed by atoms with Crippen LogP contribution in [0.1, 0.15) is 63.4 Å². The van der Waals surface area contributed by atoms with E-state index in [2.05, 4.69) is 34.6 Å². The van der Waals surface area contributed by atoms with Gasteiger partial charge in [-0.25, -0.2) is 0 Å². The molecule has 1 aliphatic rings. The van der Waals surface area contributed by atoms with Gasteiger partial charge in [0.15, 0.2) is 5.78 Å². The van der Waals surface area contributed by atoms with Crippen molar-refractivity contribution < 1.29 is 9.53 Å². The lowest BCUT2D eigenvalue weighted by Gasteiger charge is -2.24. The van der Waals surface area contributed by atoms with Gasteiger partial charge in [0.05, 0.1) is 6.61 Å². The Balaban J connectivity index is 2.29. The Labute approximate surface area is 122 Å². The molecule has 0 spiro atoms. The molecule has 0 bridgehead atoms. The summed E-state index contributed by atoms with van der Waals surface area (Å²) < 4.78 is 5.92. The Hall–Kier alpha value is -1.31. The maximum absolute atomic E-state index is 12.2. The molecule has 0 N–H and O–H groups in total. The fourth-order valence-electron chi connectivity index (χ4n) is 2.23. The molecule has 2 heteroatoms. The van der Waals surface area contributed by atoms with E-state index in [-0.39, 0.29) is 11.3 Å². The van der Waals surface area contributed by atoms with E-state index >= 15 is 0 Å². The van der Waals surface area contributed by atoms with Gasteiger partial charge in [-0.3, -0.25) is 4.79 Å². The highest BCUT2D eigenvalue weighted by Crippen LogP contribution is 2.36. The fraction of sp³-hybridized carbons (Fsp3) is 0.611. The molecule has 0 unspecified atom stereocenters. The van der Waals surface area contributed by atoms with Crippen LogP contribution >= 0.6 is 0 Å². The number of rotatable bonds is 5. The van der Waals surface area contributed by atoms with Crippen molar-refractivity contribution in [2.45, 2.75) is 52.9 Å². The summed E-state index contributed by atoms with van der Waals surface area (Å²) in [6, 6.07) is 5.93. The predicted octanol–water partition coefficient (Wildman–Crippen LogP) is 4.61. The van der Waals surface area contributed by atoms with Gasteiger partial charge < -0.3 is 4.74 Å². The maximum Gasteiger partial charge on any atom is 0.165 e. The first-order valence-electron chi connectivity index (χ1n) is 7.60. The molecule has 1 saturated carbocycles. The summed E-state index contributed by atoms with van der Waals surface area (Å²) in [6.07, 6.45) is 2.10. The number of benzene rings is 1. The molecule has 1 fully saturated rings. The van der Waals surface area contributed by atoms with Gasteiger partial charge in [0.1, 0.15) is 5.75 Å². The molecule has 0 aliphatic heterocycles. The molecule has 110 valence electrons. The standard InChI is InChI=1S/C18H26O2/c1-12(2)11-20-16-9-8-14(17(19)13-6-7-13)10-15(16)18(3,4)5/h8-10,12-13H,6-7,11H2,1-5H3. The van der Waals surface area contributed by atoms with Crippen molar-refractivity contribution in [3.8, 4) is 5.75 Å². The van der Waals surface area contributed by atoms with E-state index in [1.807, 2.05) is 18.2 Å². The Kier molecular flexibility index (Phi) is 4.22. The van der Waals surface area contributed by atoms with Crippen molar-refractivity contribution in [1.82, 2.24) is 0 Å². The summed E-state index contributed by atoms with van der Waals surface area (Å²) in [5, 5.41) is 0. The molecule has 0 aromatic heterocycles. The number of Topliss-reactive ketones (excluding diaryl/α,β-unsaturated/α-hetero) is 1. The minimum atomic E-state index is -0.0217. The average Bonchev–Trinajstić information content (AvgIpc) is 3.18. The normalized spacial score (nSPS) is 15.5. The molecule has 1 aromatic rings. The summed E-state index contributed by atoms with van der Waals surface area (Å²) in [7, 11) is 0. The minimum Gasteiger partial charge on any atom is -0.493 e. The molecule has 2 nitrogen and oxygen atoms in total. The molecule has 0 heterocycles. The predicted molar refractivity (Wildman–Crippen MR) is 82.5 cm³/mol. The third-order valence-electron chi connectivity index (χ3n) is 3.59. The van der Waals surface area contributed by atoms with Crippen LogP contribution in [-0.4, -0.2) is 12.4 Å². The number of carbonyl (C=O) groups is 1. The molecule has 0 atom stereocenters. The van der Waals surface area contributed by atoms with E-state index in [1.165, 1.54) is 0 Å². The Morgan fingerprint density at radius 2 is 1.95 bits per heavy atom. The summed E-state index contributed by atoms with van der Waals surface area (Å²) in [5.74, 6) is 1.98. The van der Waals surface area contributed by atoms with Gasteiger partial charge in [-0.1, -0.05) is 34.6 Å². The number of hydrogen-bond donors (Lipinski definition) is 0. The smallest absolute Gasteiger partial charge is 0.165 e. The molecular weight excluding hydrogens is 248 g/mol. The third-order valence-corrected chi connectivity index (χ3v) is 3.59. The van der Waals surface area contributed by atoms with Crippen LogP contribution in [0.2, 0.25) is 0 Å². The molecule has 0 saturated heterocycles. The summed E-state index contributed by atoms with van der Waals surface area (Å²) >= 11 is 0. The summed E-state index contributed by atoms with van der Waals surface area (Å²) in [5.41, 5.74) is 1.95. The van der Waals surface area contributed by atoms with Crippen LogP contribution in [0, 0.1) is 11.8 Å². The lowest BCUT2D eigenvalue weighted by Crippen LogP contribution is -2.16. The Bertz CT molecular complexity index is 491. The van der Waals surface area contributed by atoms with Crippen LogP contribution in [0.4, 0.5) is 0 Å². The van der Waals surface area contributed by atoms with Gasteiger partial charge >= 0.3 is 0 Å². The van der Waals surface area contributed by atoms with Crippen molar-refractivity contribution in [1.29, 1.82) is 0 Å². The van der Waals surface area contributed by atoms with Gasteiger partial charge in [0.2, 0.25) is 0 Å². The zero-order chi connectivity index (χ0) is 14.9. The molecule has 20 heavy (non-hydrogen) atoms. The summed E-state index contributed by atoms with van der Waals surface area (Å²) in [4.78, 5) is 12.2. The van der Waals surface area contributed by atoms with Gasteiger partial charge in [-0.15, -0.1) is 0 Å². The largest absolute Gasteiger partial charge is 0.493 e. The summed E-state index contributed by atoms with van der Waals surface area (Å²) in [6.45, 7) is 11.5. The first kappa shape index (κ1) is 15.1. The lowest BCUT2D eigenvalue weighted by molar-refractivity contribution is 0.0967. The fourth-order valence-corrected chi connectivity index (χ4v) is 2.23. The van der Waals surface area contributed by atoms with E-state index in [1.54, 1.807) is 0 Å². The van der Waals surface area contributed by atoms with E-state index in [4.69, 9.17) is 4.74 Å². The monoisotopic (exact) mass is 274 g/mol. The average molecular weight is 274 g/mol. The van der Waals surface area contributed by atoms with Crippen molar-refractivity contribution in [3.63, 3.8) is 0 Å². The number of ketones is 1. The molecule has 1 aromatic carbocycles. The number of carbonyl (C=O) groups excluding carboxylic acids is 1. The van der Waals surface area contributed by atoms with Crippen LogP contribution in [0.3, 0.4) is 0 Å². The van der Waals surface area contributed by atoms with E-state index in [0.717, 1.165) is 29.7 Å². The second-order valence-corrected chi connectivity index (χ2v) is 7.30. The van der Waals surface area contributed by atoms with E-state index < -0.39 is 0 Å². The van der Waals surface area contributed by atoms with E-state index in [0.29, 0.717) is 18.3 Å². The zero-order valence-corrected chi connectivity index (χ0v) is 13.3. The second kappa shape index (κ2) is 5.59. The van der Waals surface area contributed by atoms with Gasteiger partial charge in [0.25, 0.3) is 0 Å². The first-order chi connectivity index (χ1) is 9.29. The topological polar surface area (TPSA) is 26.3 Å². The highest BCUT2D eigenvalue weighted by molar-refractivity contribution is 5.99. The molecule has 0 radical (unpaired) electrons. The van der Waals surface area contributed by atoms with Crippen LogP contribution in [0.5, 0.6) is 5.75 Å². The van der Waals surface area contributed by atoms with Crippen molar-refractivity contribution >= 4 is 5.78 Å². The van der Waals surface area contributed by atoms with Crippen LogP contribution in [0.25, 0.3) is 0 Å². The van der Waals surface area contributed by atoms with Crippen LogP contribution in [0.15, 0.2) is 18.2 Å². The molecule has 1 aliphatic carbocycles. The zero-order valence-electron chi connectivity index (χ0n) is 13.3. The maximum atomic E-state index is 12.2. The molecule has 2 rings (SSSR count). The molecular formula is C18H26O2. The Morgan fingerprint density at radius 1 is 1.30 bits per heavy atom. The van der Waals surface area contributed by atoms with Gasteiger partial charge in [-0.05, 0) is 42.4 Å². The molecule has 0 amide bonds.